The number of para-hydroxylation sites is 1. The van der Waals surface area contributed by atoms with E-state index in [1.165, 1.54) is 19.1 Å². The first-order valence-corrected chi connectivity index (χ1v) is 7.51. The van der Waals surface area contributed by atoms with Crippen molar-refractivity contribution in [1.29, 1.82) is 0 Å². The minimum atomic E-state index is -3.99. The molecule has 0 atom stereocenters. The Morgan fingerprint density at radius 2 is 2.00 bits per heavy atom. The average Bonchev–Trinajstić information content (AvgIpc) is 2.40. The molecule has 1 N–H and O–H groups in total. The van der Waals surface area contributed by atoms with Crippen LogP contribution >= 0.6 is 0 Å². The fourth-order valence-corrected chi connectivity index (χ4v) is 2.86. The lowest BCUT2D eigenvalue weighted by Gasteiger charge is -2.29. The second-order valence-electron chi connectivity index (χ2n) is 4.18. The van der Waals surface area contributed by atoms with E-state index in [1.54, 1.807) is 12.1 Å². The van der Waals surface area contributed by atoms with Crippen LogP contribution in [0.2, 0.25) is 0 Å². The molecule has 8 nitrogen and oxygen atoms in total. The van der Waals surface area contributed by atoms with Gasteiger partial charge in [-0.1, -0.05) is 12.1 Å². The van der Waals surface area contributed by atoms with Crippen LogP contribution in [0.1, 0.15) is 17.3 Å². The Bertz CT molecular complexity index is 657. The fraction of sp³-hybridized carbons (Fsp3) is 0.333. The third kappa shape index (κ3) is 3.50. The van der Waals surface area contributed by atoms with Crippen molar-refractivity contribution in [2.45, 2.75) is 6.92 Å². The maximum absolute atomic E-state index is 12.0. The van der Waals surface area contributed by atoms with E-state index in [2.05, 4.69) is 4.74 Å². The summed E-state index contributed by atoms with van der Waals surface area (Å²) in [6.07, 6.45) is 0. The number of benzene rings is 1. The number of fused-ring (bicyclic) bond motifs is 1. The standard InChI is InChI=1S/C12H14N2O6S/c1-9(15)20-7-6-19-8-14-11-5-3-2-4-10(11)12(16)13-21(14,17)18/h2-5H,6-8H2,1H3,(H,13,16). The van der Waals surface area contributed by atoms with Crippen molar-refractivity contribution in [2.75, 3.05) is 24.2 Å². The maximum atomic E-state index is 12.0. The summed E-state index contributed by atoms with van der Waals surface area (Å²) in [4.78, 5) is 22.3. The molecule has 0 saturated carbocycles. The second-order valence-corrected chi connectivity index (χ2v) is 5.77. The largest absolute Gasteiger partial charge is 0.463 e. The first-order valence-electron chi connectivity index (χ1n) is 6.07. The number of carbonyl (C=O) groups is 2. The van der Waals surface area contributed by atoms with Gasteiger partial charge in [0.1, 0.15) is 13.3 Å². The molecular formula is C12H14N2O6S. The third-order valence-electron chi connectivity index (χ3n) is 2.67. The second kappa shape index (κ2) is 6.10. The van der Waals surface area contributed by atoms with Gasteiger partial charge in [0.2, 0.25) is 0 Å². The predicted octanol–water partition coefficient (Wildman–Crippen LogP) is 0.0184. The Balaban J connectivity index is 2.08. The van der Waals surface area contributed by atoms with Crippen molar-refractivity contribution in [1.82, 2.24) is 4.72 Å². The van der Waals surface area contributed by atoms with Crippen molar-refractivity contribution in [2.24, 2.45) is 0 Å². The van der Waals surface area contributed by atoms with Gasteiger partial charge >= 0.3 is 16.2 Å². The van der Waals surface area contributed by atoms with Gasteiger partial charge in [0, 0.05) is 6.92 Å². The lowest BCUT2D eigenvalue weighted by atomic mass is 10.1. The van der Waals surface area contributed by atoms with Crippen molar-refractivity contribution in [3.8, 4) is 0 Å². The van der Waals surface area contributed by atoms with Gasteiger partial charge in [0.15, 0.2) is 0 Å². The Morgan fingerprint density at radius 1 is 1.29 bits per heavy atom. The molecule has 1 amide bonds. The van der Waals surface area contributed by atoms with E-state index < -0.39 is 22.1 Å². The van der Waals surface area contributed by atoms with Crippen molar-refractivity contribution >= 4 is 27.8 Å². The molecule has 0 aromatic heterocycles. The molecule has 1 heterocycles. The average molecular weight is 314 g/mol. The zero-order valence-electron chi connectivity index (χ0n) is 11.2. The number of ether oxygens (including phenoxy) is 2. The summed E-state index contributed by atoms with van der Waals surface area (Å²) in [5.41, 5.74) is 0.490. The van der Waals surface area contributed by atoms with Gasteiger partial charge in [-0.2, -0.15) is 8.42 Å². The summed E-state index contributed by atoms with van der Waals surface area (Å²) in [7, 11) is -3.99. The van der Waals surface area contributed by atoms with Crippen LogP contribution in [0, 0.1) is 0 Å². The minimum Gasteiger partial charge on any atom is -0.463 e. The molecule has 1 aromatic carbocycles. The SMILES string of the molecule is CC(=O)OCCOCN1c2ccccc2C(=O)NS1(=O)=O. The van der Waals surface area contributed by atoms with E-state index in [0.717, 1.165) is 4.31 Å². The fourth-order valence-electron chi connectivity index (χ4n) is 1.77. The van der Waals surface area contributed by atoms with E-state index in [0.29, 0.717) is 0 Å². The molecule has 0 saturated heterocycles. The van der Waals surface area contributed by atoms with Crippen LogP contribution in [0.5, 0.6) is 0 Å². The smallest absolute Gasteiger partial charge is 0.328 e. The Labute approximate surface area is 121 Å². The van der Waals surface area contributed by atoms with Gasteiger partial charge in [0.05, 0.1) is 17.9 Å². The Kier molecular flexibility index (Phi) is 4.43. The third-order valence-corrected chi connectivity index (χ3v) is 4.00. The molecule has 0 aliphatic carbocycles. The minimum absolute atomic E-state index is 0.0250. The van der Waals surface area contributed by atoms with E-state index in [-0.39, 0.29) is 31.2 Å². The molecule has 0 radical (unpaired) electrons. The van der Waals surface area contributed by atoms with Crippen LogP contribution in [0.3, 0.4) is 0 Å². The zero-order chi connectivity index (χ0) is 15.5. The summed E-state index contributed by atoms with van der Waals surface area (Å²) >= 11 is 0. The maximum Gasteiger partial charge on any atom is 0.328 e. The molecule has 1 aliphatic rings. The highest BCUT2D eigenvalue weighted by atomic mass is 32.2. The van der Waals surface area contributed by atoms with Crippen LogP contribution in [0.15, 0.2) is 24.3 Å². The topological polar surface area (TPSA) is 102 Å². The van der Waals surface area contributed by atoms with Gasteiger partial charge in [-0.3, -0.25) is 9.59 Å². The molecule has 0 fully saturated rings. The number of esters is 1. The lowest BCUT2D eigenvalue weighted by molar-refractivity contribution is -0.142. The summed E-state index contributed by atoms with van der Waals surface area (Å²) < 4.78 is 36.6. The van der Waals surface area contributed by atoms with Crippen molar-refractivity contribution < 1.29 is 27.5 Å². The van der Waals surface area contributed by atoms with Crippen LogP contribution in [0.4, 0.5) is 5.69 Å². The van der Waals surface area contributed by atoms with Gasteiger partial charge in [-0.15, -0.1) is 0 Å². The summed E-state index contributed by atoms with van der Waals surface area (Å²) in [6, 6.07) is 6.29. The molecule has 0 bridgehead atoms. The number of hydrogen-bond donors (Lipinski definition) is 1. The van der Waals surface area contributed by atoms with Crippen LogP contribution < -0.4 is 9.03 Å². The summed E-state index contributed by atoms with van der Waals surface area (Å²) in [5, 5.41) is 0. The predicted molar refractivity (Wildman–Crippen MR) is 72.8 cm³/mol. The van der Waals surface area contributed by atoms with Crippen LogP contribution in [0.25, 0.3) is 0 Å². The highest BCUT2D eigenvalue weighted by Gasteiger charge is 2.33. The van der Waals surface area contributed by atoms with Crippen molar-refractivity contribution in [3.05, 3.63) is 29.8 Å². The normalized spacial score (nSPS) is 16.0. The molecule has 114 valence electrons. The molecule has 0 unspecified atom stereocenters. The Morgan fingerprint density at radius 3 is 2.71 bits per heavy atom. The number of carbonyl (C=O) groups excluding carboxylic acids is 2. The monoisotopic (exact) mass is 314 g/mol. The van der Waals surface area contributed by atoms with E-state index >= 15 is 0 Å². The first-order chi connectivity index (χ1) is 9.92. The van der Waals surface area contributed by atoms with Crippen molar-refractivity contribution in [3.63, 3.8) is 0 Å². The lowest BCUT2D eigenvalue weighted by Crippen LogP contribution is -2.49. The van der Waals surface area contributed by atoms with E-state index in [4.69, 9.17) is 4.74 Å². The van der Waals surface area contributed by atoms with Gasteiger partial charge in [0.25, 0.3) is 5.91 Å². The molecule has 1 aromatic rings. The highest BCUT2D eigenvalue weighted by molar-refractivity contribution is 7.91. The Hall–Kier alpha value is -2.13. The zero-order valence-corrected chi connectivity index (χ0v) is 12.1. The van der Waals surface area contributed by atoms with Gasteiger partial charge in [-0.25, -0.2) is 9.03 Å². The molecule has 21 heavy (non-hydrogen) atoms. The molecule has 9 heteroatoms. The number of nitrogens with one attached hydrogen (secondary N) is 1. The number of anilines is 1. The summed E-state index contributed by atoms with van der Waals surface area (Å²) in [6.45, 7) is 1.04. The number of hydrogen-bond acceptors (Lipinski definition) is 6. The molecule has 0 spiro atoms. The van der Waals surface area contributed by atoms with E-state index in [1.807, 2.05) is 4.72 Å². The van der Waals surface area contributed by atoms with Gasteiger partial charge in [-0.05, 0) is 12.1 Å². The van der Waals surface area contributed by atoms with Crippen LogP contribution in [-0.4, -0.2) is 40.2 Å². The molecule has 2 rings (SSSR count). The molecular weight excluding hydrogens is 300 g/mol. The quantitative estimate of drug-likeness (QED) is 0.607. The number of rotatable bonds is 5. The van der Waals surface area contributed by atoms with Crippen LogP contribution in [-0.2, 0) is 24.5 Å². The number of nitrogens with zero attached hydrogens (tertiary/aromatic N) is 1. The first kappa shape index (κ1) is 15.3. The highest BCUT2D eigenvalue weighted by Crippen LogP contribution is 2.26. The summed E-state index contributed by atoms with van der Waals surface area (Å²) in [5.74, 6) is -1.12. The number of amides is 1. The molecule has 1 aliphatic heterocycles. The van der Waals surface area contributed by atoms with Gasteiger partial charge < -0.3 is 9.47 Å². The van der Waals surface area contributed by atoms with E-state index in [9.17, 15) is 18.0 Å².